The zero-order chi connectivity index (χ0) is 12.3. The van der Waals surface area contributed by atoms with Gasteiger partial charge >= 0.3 is 0 Å². The number of carbonyl (C=O) groups excluding carboxylic acids is 1. The Hall–Kier alpha value is -2.41. The highest BCUT2D eigenvalue weighted by Crippen LogP contribution is 2.09. The molecule has 17 heavy (non-hydrogen) atoms. The molecule has 0 aliphatic rings. The fraction of sp³-hybridized carbons (Fsp3) is 0.100. The Balaban J connectivity index is 2.11. The number of nitrogens with one attached hydrogen (secondary N) is 2. The largest absolute Gasteiger partial charge is 0.455 e. The highest BCUT2D eigenvalue weighted by atomic mass is 16.4. The predicted molar refractivity (Wildman–Crippen MR) is 59.4 cm³/mol. The van der Waals surface area contributed by atoms with Gasteiger partial charge in [0, 0.05) is 6.07 Å². The van der Waals surface area contributed by atoms with E-state index >= 15 is 0 Å². The van der Waals surface area contributed by atoms with Gasteiger partial charge in [-0.1, -0.05) is 0 Å². The van der Waals surface area contributed by atoms with E-state index in [9.17, 15) is 9.59 Å². The number of nitrogens with zero attached hydrogens (tertiary/aromatic N) is 1. The number of aromatic nitrogens is 2. The summed E-state index contributed by atoms with van der Waals surface area (Å²) >= 11 is 0. The first kappa shape index (κ1) is 11.1. The van der Waals surface area contributed by atoms with Gasteiger partial charge in [0.15, 0.2) is 11.6 Å². The fourth-order valence-electron chi connectivity index (χ4n) is 1.20. The van der Waals surface area contributed by atoms with Crippen LogP contribution in [0.5, 0.6) is 0 Å². The van der Waals surface area contributed by atoms with E-state index in [4.69, 9.17) is 10.2 Å². The maximum Gasteiger partial charge on any atom is 0.292 e. The molecule has 0 aliphatic heterocycles. The summed E-state index contributed by atoms with van der Waals surface area (Å²) in [5, 5.41) is 8.31. The van der Waals surface area contributed by atoms with Crippen LogP contribution in [0.15, 0.2) is 33.5 Å². The van der Waals surface area contributed by atoms with E-state index in [1.165, 1.54) is 18.2 Å². The summed E-state index contributed by atoms with van der Waals surface area (Å²) in [5.41, 5.74) is 5.01. The third kappa shape index (κ3) is 2.58. The summed E-state index contributed by atoms with van der Waals surface area (Å²) in [6.07, 6.45) is 0. The van der Waals surface area contributed by atoms with Crippen LogP contribution >= 0.6 is 0 Å². The summed E-state index contributed by atoms with van der Waals surface area (Å²) in [4.78, 5) is 22.4. The summed E-state index contributed by atoms with van der Waals surface area (Å²) < 4.78 is 5.15. The van der Waals surface area contributed by atoms with E-state index in [1.807, 2.05) is 0 Å². The number of furan rings is 1. The minimum atomic E-state index is -0.454. The third-order valence-corrected chi connectivity index (χ3v) is 2.01. The van der Waals surface area contributed by atoms with Crippen LogP contribution in [0.25, 0.3) is 0 Å². The minimum Gasteiger partial charge on any atom is -0.455 e. The summed E-state index contributed by atoms with van der Waals surface area (Å²) in [5.74, 6) is 0.438. The first-order chi connectivity index (χ1) is 8.19. The van der Waals surface area contributed by atoms with E-state index in [2.05, 4.69) is 15.5 Å². The number of hydrogen-bond donors (Lipinski definition) is 3. The molecule has 0 aliphatic carbocycles. The van der Waals surface area contributed by atoms with Crippen molar-refractivity contribution in [1.29, 1.82) is 0 Å². The molecule has 0 radical (unpaired) electrons. The van der Waals surface area contributed by atoms with Crippen molar-refractivity contribution in [2.75, 3.05) is 5.32 Å². The van der Waals surface area contributed by atoms with Gasteiger partial charge < -0.3 is 15.5 Å². The zero-order valence-corrected chi connectivity index (χ0v) is 8.77. The van der Waals surface area contributed by atoms with Crippen molar-refractivity contribution < 1.29 is 9.21 Å². The predicted octanol–water partition coefficient (Wildman–Crippen LogP) is 0.0739. The number of anilines is 1. The lowest BCUT2D eigenvalue weighted by Crippen LogP contribution is -2.15. The van der Waals surface area contributed by atoms with Gasteiger partial charge in [-0.25, -0.2) is 5.10 Å². The quantitative estimate of drug-likeness (QED) is 0.695. The van der Waals surface area contributed by atoms with Gasteiger partial charge in [0.25, 0.3) is 11.5 Å². The molecule has 0 aromatic carbocycles. The lowest BCUT2D eigenvalue weighted by molar-refractivity contribution is 0.0994. The third-order valence-electron chi connectivity index (χ3n) is 2.01. The van der Waals surface area contributed by atoms with Gasteiger partial charge in [-0.05, 0) is 18.2 Å². The van der Waals surface area contributed by atoms with E-state index < -0.39 is 5.91 Å². The molecule has 0 bridgehead atoms. The van der Waals surface area contributed by atoms with Crippen molar-refractivity contribution in [3.8, 4) is 0 Å². The van der Waals surface area contributed by atoms with Gasteiger partial charge in [0.05, 0.1) is 6.54 Å². The summed E-state index contributed by atoms with van der Waals surface area (Å²) in [6.45, 7) is 0.226. The lowest BCUT2D eigenvalue weighted by atomic mass is 10.4. The number of hydrogen-bond acceptors (Lipinski definition) is 5. The Morgan fingerprint density at radius 2 is 2.24 bits per heavy atom. The monoisotopic (exact) mass is 234 g/mol. The Labute approximate surface area is 95.6 Å². The van der Waals surface area contributed by atoms with E-state index in [0.29, 0.717) is 5.76 Å². The van der Waals surface area contributed by atoms with Crippen LogP contribution in [0.3, 0.4) is 0 Å². The molecular weight excluding hydrogens is 224 g/mol. The minimum absolute atomic E-state index is 0.137. The number of amides is 1. The van der Waals surface area contributed by atoms with Gasteiger partial charge in [-0.15, -0.1) is 0 Å². The van der Waals surface area contributed by atoms with Crippen LogP contribution in [-0.4, -0.2) is 16.1 Å². The molecule has 88 valence electrons. The van der Waals surface area contributed by atoms with Gasteiger partial charge in [-0.2, -0.15) is 5.10 Å². The molecule has 2 heterocycles. The normalized spacial score (nSPS) is 10.2. The Kier molecular flexibility index (Phi) is 3.01. The molecular formula is C10H10N4O3. The van der Waals surface area contributed by atoms with Crippen LogP contribution in [-0.2, 0) is 6.54 Å². The number of aromatic amines is 1. The number of H-pyrrole nitrogens is 1. The molecule has 0 atom stereocenters. The van der Waals surface area contributed by atoms with Crippen molar-refractivity contribution >= 4 is 11.7 Å². The second kappa shape index (κ2) is 4.62. The maximum atomic E-state index is 11.7. The molecule has 0 fully saturated rings. The van der Waals surface area contributed by atoms with Crippen molar-refractivity contribution in [2.45, 2.75) is 6.54 Å². The maximum absolute atomic E-state index is 11.7. The van der Waals surface area contributed by atoms with Crippen molar-refractivity contribution in [3.05, 3.63) is 46.1 Å². The lowest BCUT2D eigenvalue weighted by Gasteiger charge is -2.00. The molecule has 4 N–H and O–H groups in total. The van der Waals surface area contributed by atoms with Crippen molar-refractivity contribution in [2.24, 2.45) is 5.73 Å². The molecule has 0 saturated heterocycles. The van der Waals surface area contributed by atoms with Gasteiger partial charge in [-0.3, -0.25) is 9.59 Å². The average Bonchev–Trinajstić information content (AvgIpc) is 2.81. The molecule has 0 spiro atoms. The first-order valence-corrected chi connectivity index (χ1v) is 4.85. The molecule has 0 saturated carbocycles. The van der Waals surface area contributed by atoms with E-state index in [0.717, 1.165) is 0 Å². The van der Waals surface area contributed by atoms with Crippen molar-refractivity contribution in [3.63, 3.8) is 0 Å². The molecule has 7 heteroatoms. The topological polar surface area (TPSA) is 114 Å². The smallest absolute Gasteiger partial charge is 0.292 e. The number of nitrogens with two attached hydrogens (primary N) is 1. The van der Waals surface area contributed by atoms with Gasteiger partial charge in [0.1, 0.15) is 5.76 Å². The fourth-order valence-corrected chi connectivity index (χ4v) is 1.20. The SMILES string of the molecule is NCc1ccc(C(=O)Nc2ccc(=O)[nH]n2)o1. The van der Waals surface area contributed by atoms with Gasteiger partial charge in [0.2, 0.25) is 0 Å². The average molecular weight is 234 g/mol. The Morgan fingerprint density at radius 3 is 2.82 bits per heavy atom. The molecule has 1 amide bonds. The summed E-state index contributed by atoms with van der Waals surface area (Å²) in [6, 6.07) is 5.79. The molecule has 7 nitrogen and oxygen atoms in total. The van der Waals surface area contributed by atoms with Crippen LogP contribution in [0.1, 0.15) is 16.3 Å². The zero-order valence-electron chi connectivity index (χ0n) is 8.77. The van der Waals surface area contributed by atoms with Crippen LogP contribution in [0.2, 0.25) is 0 Å². The highest BCUT2D eigenvalue weighted by molar-refractivity contribution is 6.01. The van der Waals surface area contributed by atoms with Crippen LogP contribution in [0, 0.1) is 0 Å². The second-order valence-corrected chi connectivity index (χ2v) is 3.23. The first-order valence-electron chi connectivity index (χ1n) is 4.85. The van der Waals surface area contributed by atoms with Crippen molar-refractivity contribution in [1.82, 2.24) is 10.2 Å². The van der Waals surface area contributed by atoms with E-state index in [1.54, 1.807) is 6.07 Å². The molecule has 2 aromatic heterocycles. The van der Waals surface area contributed by atoms with Crippen LogP contribution < -0.4 is 16.6 Å². The Morgan fingerprint density at radius 1 is 1.41 bits per heavy atom. The molecule has 0 unspecified atom stereocenters. The van der Waals surface area contributed by atoms with Crippen LogP contribution in [0.4, 0.5) is 5.82 Å². The standard InChI is InChI=1S/C10H10N4O3/c11-5-6-1-2-7(17-6)10(16)12-8-3-4-9(15)14-13-8/h1-4H,5,11H2,(H,14,15)(H,12,13,16). The highest BCUT2D eigenvalue weighted by Gasteiger charge is 2.11. The second-order valence-electron chi connectivity index (χ2n) is 3.23. The molecule has 2 aromatic rings. The van der Waals surface area contributed by atoms with E-state index in [-0.39, 0.29) is 23.7 Å². The number of carbonyl (C=O) groups is 1. The molecule has 2 rings (SSSR count). The summed E-state index contributed by atoms with van der Waals surface area (Å²) in [7, 11) is 0. The number of rotatable bonds is 3. The Bertz CT molecular complexity index is 567.